The van der Waals surface area contributed by atoms with Crippen LogP contribution in [0.1, 0.15) is 27.2 Å². The van der Waals surface area contributed by atoms with Gasteiger partial charge in [0.1, 0.15) is 0 Å². The summed E-state index contributed by atoms with van der Waals surface area (Å²) < 4.78 is 11.5. The maximum Gasteiger partial charge on any atom is 0.0570 e. The van der Waals surface area contributed by atoms with Gasteiger partial charge >= 0.3 is 0 Å². The van der Waals surface area contributed by atoms with Crippen molar-refractivity contribution in [2.75, 3.05) is 5.75 Å². The van der Waals surface area contributed by atoms with E-state index in [9.17, 15) is 4.21 Å². The van der Waals surface area contributed by atoms with Gasteiger partial charge in [0.15, 0.2) is 0 Å². The first kappa shape index (κ1) is 9.72. The van der Waals surface area contributed by atoms with Crippen LogP contribution in [0.15, 0.2) is 23.3 Å². The quantitative estimate of drug-likeness (QED) is 0.572. The van der Waals surface area contributed by atoms with Crippen molar-refractivity contribution in [2.45, 2.75) is 32.4 Å². The highest BCUT2D eigenvalue weighted by atomic mass is 32.2. The van der Waals surface area contributed by atoms with Crippen LogP contribution in [-0.4, -0.2) is 15.2 Å². The highest BCUT2D eigenvalue weighted by molar-refractivity contribution is 7.86. The second-order valence-electron chi connectivity index (χ2n) is 3.58. The van der Waals surface area contributed by atoms with Crippen LogP contribution in [-0.2, 0) is 10.8 Å². The molecule has 0 fully saturated rings. The summed E-state index contributed by atoms with van der Waals surface area (Å²) >= 11 is 0. The van der Waals surface area contributed by atoms with Crippen molar-refractivity contribution in [2.24, 2.45) is 0 Å². The van der Waals surface area contributed by atoms with Gasteiger partial charge in [-0.15, -0.1) is 0 Å². The Bertz CT molecular complexity index is 247. The normalized spacial score (nSPS) is 29.4. The Kier molecular flexibility index (Phi) is 3.27. The molecule has 0 aromatic heterocycles. The number of hydrogen-bond donors (Lipinski definition) is 0. The molecule has 1 heterocycles. The molecule has 0 aromatic carbocycles. The first-order valence-electron chi connectivity index (χ1n) is 4.27. The topological polar surface area (TPSA) is 17.1 Å². The summed E-state index contributed by atoms with van der Waals surface area (Å²) in [6.07, 6.45) is 5.19. The summed E-state index contributed by atoms with van der Waals surface area (Å²) in [7, 11) is -0.672. The van der Waals surface area contributed by atoms with Crippen LogP contribution in [0.25, 0.3) is 0 Å². The van der Waals surface area contributed by atoms with Gasteiger partial charge in [-0.05, 0) is 27.2 Å². The molecule has 68 valence electrons. The van der Waals surface area contributed by atoms with Gasteiger partial charge in [-0.1, -0.05) is 23.3 Å². The fourth-order valence-corrected chi connectivity index (χ4v) is 2.92. The second kappa shape index (κ2) is 4.04. The molecule has 0 unspecified atom stereocenters. The predicted octanol–water partition coefficient (Wildman–Crippen LogP) is 2.42. The third-order valence-electron chi connectivity index (χ3n) is 1.98. The van der Waals surface area contributed by atoms with Crippen LogP contribution < -0.4 is 0 Å². The highest BCUT2D eigenvalue weighted by Crippen LogP contribution is 2.18. The van der Waals surface area contributed by atoms with E-state index in [2.05, 4.69) is 32.9 Å². The molecule has 2 heteroatoms. The van der Waals surface area contributed by atoms with E-state index >= 15 is 0 Å². The predicted molar refractivity (Wildman–Crippen MR) is 54.6 cm³/mol. The molecular weight excluding hydrogens is 168 g/mol. The zero-order valence-electron chi connectivity index (χ0n) is 7.96. The fraction of sp³-hybridized carbons (Fsp3) is 0.600. The monoisotopic (exact) mass is 184 g/mol. The largest absolute Gasteiger partial charge is 0.259 e. The van der Waals surface area contributed by atoms with E-state index in [1.54, 1.807) is 0 Å². The van der Waals surface area contributed by atoms with Crippen LogP contribution in [0.4, 0.5) is 0 Å². The Labute approximate surface area is 77.0 Å². The molecule has 12 heavy (non-hydrogen) atoms. The lowest BCUT2D eigenvalue weighted by atomic mass is 10.1. The van der Waals surface area contributed by atoms with E-state index in [0.29, 0.717) is 0 Å². The van der Waals surface area contributed by atoms with Crippen LogP contribution in [0.5, 0.6) is 0 Å². The average molecular weight is 184 g/mol. The minimum Gasteiger partial charge on any atom is -0.259 e. The summed E-state index contributed by atoms with van der Waals surface area (Å²) in [5.41, 5.74) is 2.64. The lowest BCUT2D eigenvalue weighted by Crippen LogP contribution is -2.19. The summed E-state index contributed by atoms with van der Waals surface area (Å²) in [4.78, 5) is 0. The van der Waals surface area contributed by atoms with Gasteiger partial charge in [0, 0.05) is 16.6 Å². The van der Waals surface area contributed by atoms with E-state index in [1.165, 1.54) is 11.1 Å². The molecule has 0 aromatic rings. The molecule has 2 atom stereocenters. The molecule has 0 N–H and O–H groups in total. The molecular formula is C10H16OS. The van der Waals surface area contributed by atoms with Crippen molar-refractivity contribution in [3.8, 4) is 0 Å². The van der Waals surface area contributed by atoms with Crippen molar-refractivity contribution in [1.29, 1.82) is 0 Å². The zero-order chi connectivity index (χ0) is 9.14. The smallest absolute Gasteiger partial charge is 0.0570 e. The molecule has 1 aliphatic heterocycles. The Balaban J connectivity index is 2.73. The Morgan fingerprint density at radius 1 is 1.67 bits per heavy atom. The van der Waals surface area contributed by atoms with Crippen LogP contribution in [0.2, 0.25) is 0 Å². The summed E-state index contributed by atoms with van der Waals surface area (Å²) in [5.74, 6) is 0.736. The minimum atomic E-state index is -0.672. The third-order valence-corrected chi connectivity index (χ3v) is 3.45. The lowest BCUT2D eigenvalue weighted by molar-refractivity contribution is 0.675. The number of allylic oxidation sites excluding steroid dienone is 2. The molecule has 1 rings (SSSR count). The molecule has 0 aliphatic carbocycles. The van der Waals surface area contributed by atoms with Gasteiger partial charge in [-0.25, -0.2) is 0 Å². The van der Waals surface area contributed by atoms with Gasteiger partial charge in [0.2, 0.25) is 0 Å². The highest BCUT2D eigenvalue weighted by Gasteiger charge is 2.17. The summed E-state index contributed by atoms with van der Waals surface area (Å²) in [5, 5.41) is 0.264. The van der Waals surface area contributed by atoms with Crippen LogP contribution in [0.3, 0.4) is 0 Å². The molecule has 0 bridgehead atoms. The number of rotatable bonds is 1. The van der Waals surface area contributed by atoms with E-state index < -0.39 is 10.8 Å². The summed E-state index contributed by atoms with van der Waals surface area (Å²) in [6.45, 7) is 6.23. The first-order valence-corrected chi connectivity index (χ1v) is 5.65. The molecule has 1 aliphatic rings. The van der Waals surface area contributed by atoms with Gasteiger partial charge < -0.3 is 0 Å². The SMILES string of the molecule is CC(C)=C[C@@H]1CC(C)=CC[S@@]1=O. The van der Waals surface area contributed by atoms with Crippen LogP contribution in [0, 0.1) is 0 Å². The Hall–Kier alpha value is -0.370. The van der Waals surface area contributed by atoms with Gasteiger partial charge in [-0.2, -0.15) is 0 Å². The van der Waals surface area contributed by atoms with E-state index in [1.807, 2.05) is 0 Å². The Morgan fingerprint density at radius 3 is 2.92 bits per heavy atom. The lowest BCUT2D eigenvalue weighted by Gasteiger charge is -2.17. The zero-order valence-corrected chi connectivity index (χ0v) is 8.78. The second-order valence-corrected chi connectivity index (χ2v) is 5.28. The molecule has 0 radical (unpaired) electrons. The number of hydrogen-bond acceptors (Lipinski definition) is 1. The maximum atomic E-state index is 11.5. The standard InChI is InChI=1S/C10H16OS/c1-8(2)6-10-7-9(3)4-5-12(10)11/h4,6,10H,5,7H2,1-3H3/t10-,12+/m1/s1. The van der Waals surface area contributed by atoms with Gasteiger partial charge in [-0.3, -0.25) is 4.21 Å². The van der Waals surface area contributed by atoms with E-state index in [0.717, 1.165) is 12.2 Å². The maximum absolute atomic E-state index is 11.5. The molecule has 0 amide bonds. The minimum absolute atomic E-state index is 0.264. The van der Waals surface area contributed by atoms with E-state index in [-0.39, 0.29) is 5.25 Å². The van der Waals surface area contributed by atoms with Crippen molar-refractivity contribution in [3.05, 3.63) is 23.3 Å². The Morgan fingerprint density at radius 2 is 2.33 bits per heavy atom. The van der Waals surface area contributed by atoms with Gasteiger partial charge in [0.05, 0.1) is 5.25 Å². The van der Waals surface area contributed by atoms with Crippen molar-refractivity contribution >= 4 is 10.8 Å². The third kappa shape index (κ3) is 2.59. The molecule has 0 saturated heterocycles. The summed E-state index contributed by atoms with van der Waals surface area (Å²) in [6, 6.07) is 0. The molecule has 0 saturated carbocycles. The van der Waals surface area contributed by atoms with Crippen LogP contribution >= 0.6 is 0 Å². The van der Waals surface area contributed by atoms with E-state index in [4.69, 9.17) is 0 Å². The van der Waals surface area contributed by atoms with Crippen molar-refractivity contribution in [3.63, 3.8) is 0 Å². The fourth-order valence-electron chi connectivity index (χ4n) is 1.35. The molecule has 0 spiro atoms. The van der Waals surface area contributed by atoms with Gasteiger partial charge in [0.25, 0.3) is 0 Å². The first-order chi connectivity index (χ1) is 5.59. The van der Waals surface area contributed by atoms with Crippen molar-refractivity contribution < 1.29 is 4.21 Å². The average Bonchev–Trinajstić information content (AvgIpc) is 1.96. The molecule has 1 nitrogen and oxygen atoms in total. The van der Waals surface area contributed by atoms with Crippen molar-refractivity contribution in [1.82, 2.24) is 0 Å².